The van der Waals surface area contributed by atoms with Crippen LogP contribution in [0.4, 0.5) is 5.13 Å². The topological polar surface area (TPSA) is 54.0 Å². The van der Waals surface area contributed by atoms with Crippen LogP contribution >= 0.6 is 11.3 Å². The van der Waals surface area contributed by atoms with Gasteiger partial charge in [0.1, 0.15) is 0 Å². The summed E-state index contributed by atoms with van der Waals surface area (Å²) in [5.41, 5.74) is 2.22. The number of carbonyl (C=O) groups excluding carboxylic acids is 1. The fraction of sp³-hybridized carbons (Fsp3) is 0.385. The number of fused-ring (bicyclic) bond motifs is 1. The molecule has 0 aliphatic carbocycles. The molecule has 0 spiro atoms. The first-order valence-corrected chi connectivity index (χ1v) is 6.88. The highest BCUT2D eigenvalue weighted by Gasteiger charge is 2.04. The van der Waals surface area contributed by atoms with Crippen LogP contribution in [0.1, 0.15) is 18.9 Å². The Labute approximate surface area is 110 Å². The highest BCUT2D eigenvalue weighted by molar-refractivity contribution is 7.22. The smallest absolute Gasteiger partial charge is 0.221 e. The summed E-state index contributed by atoms with van der Waals surface area (Å²) >= 11 is 1.62. The number of anilines is 1. The Bertz CT molecular complexity index is 550. The Hall–Kier alpha value is -1.62. The molecule has 2 N–H and O–H groups in total. The fourth-order valence-corrected chi connectivity index (χ4v) is 2.55. The summed E-state index contributed by atoms with van der Waals surface area (Å²) in [6.45, 7) is 5.27. The Morgan fingerprint density at radius 3 is 3.06 bits per heavy atom. The van der Waals surface area contributed by atoms with Crippen LogP contribution in [0, 0.1) is 6.92 Å². The summed E-state index contributed by atoms with van der Waals surface area (Å²) in [5.74, 6) is 0.0713. The molecule has 0 saturated heterocycles. The Morgan fingerprint density at radius 1 is 1.44 bits per heavy atom. The van der Waals surface area contributed by atoms with Gasteiger partial charge in [0, 0.05) is 19.5 Å². The van der Waals surface area contributed by atoms with Crippen LogP contribution in [0.2, 0.25) is 0 Å². The van der Waals surface area contributed by atoms with E-state index in [1.165, 1.54) is 10.3 Å². The monoisotopic (exact) mass is 263 g/mol. The molecule has 1 aromatic carbocycles. The number of carbonyl (C=O) groups is 1. The fourth-order valence-electron chi connectivity index (χ4n) is 1.68. The van der Waals surface area contributed by atoms with Gasteiger partial charge in [-0.2, -0.15) is 0 Å². The van der Waals surface area contributed by atoms with Gasteiger partial charge in [0.25, 0.3) is 0 Å². The molecule has 0 bridgehead atoms. The molecule has 4 nitrogen and oxygen atoms in total. The Balaban J connectivity index is 1.94. The van der Waals surface area contributed by atoms with Gasteiger partial charge in [-0.3, -0.25) is 4.79 Å². The molecule has 0 radical (unpaired) electrons. The summed E-state index contributed by atoms with van der Waals surface area (Å²) < 4.78 is 1.17. The maximum absolute atomic E-state index is 11.3. The molecule has 96 valence electrons. The predicted molar refractivity (Wildman–Crippen MR) is 76.1 cm³/mol. The van der Waals surface area contributed by atoms with E-state index in [0.717, 1.165) is 10.6 Å². The molecule has 18 heavy (non-hydrogen) atoms. The van der Waals surface area contributed by atoms with E-state index >= 15 is 0 Å². The Kier molecular flexibility index (Phi) is 4.15. The van der Waals surface area contributed by atoms with E-state index in [1.54, 1.807) is 11.3 Å². The zero-order valence-electron chi connectivity index (χ0n) is 10.6. The molecule has 0 unspecified atom stereocenters. The number of nitrogens with zero attached hydrogens (tertiary/aromatic N) is 1. The van der Waals surface area contributed by atoms with Crippen molar-refractivity contribution in [3.8, 4) is 0 Å². The lowest BCUT2D eigenvalue weighted by Gasteiger charge is -2.02. The number of hydrogen-bond acceptors (Lipinski definition) is 4. The van der Waals surface area contributed by atoms with Crippen molar-refractivity contribution >= 4 is 32.6 Å². The van der Waals surface area contributed by atoms with Gasteiger partial charge < -0.3 is 10.6 Å². The van der Waals surface area contributed by atoms with Crippen LogP contribution in [0.5, 0.6) is 0 Å². The van der Waals surface area contributed by atoms with E-state index in [1.807, 2.05) is 6.92 Å². The van der Waals surface area contributed by atoms with Gasteiger partial charge in [-0.05, 0) is 31.5 Å². The van der Waals surface area contributed by atoms with Crippen molar-refractivity contribution in [1.29, 1.82) is 0 Å². The maximum atomic E-state index is 11.3. The normalized spacial score (nSPS) is 10.6. The van der Waals surface area contributed by atoms with Crippen molar-refractivity contribution in [2.75, 3.05) is 18.4 Å². The van der Waals surface area contributed by atoms with Gasteiger partial charge in [0.15, 0.2) is 5.13 Å². The first-order valence-electron chi connectivity index (χ1n) is 6.07. The highest BCUT2D eigenvalue weighted by atomic mass is 32.1. The van der Waals surface area contributed by atoms with Crippen molar-refractivity contribution in [3.63, 3.8) is 0 Å². The van der Waals surface area contributed by atoms with Gasteiger partial charge in [-0.15, -0.1) is 0 Å². The molecule has 1 heterocycles. The summed E-state index contributed by atoms with van der Waals surface area (Å²) in [5, 5.41) is 6.83. The van der Waals surface area contributed by atoms with Crippen molar-refractivity contribution in [2.24, 2.45) is 0 Å². The molecule has 2 aromatic rings. The maximum Gasteiger partial charge on any atom is 0.221 e. The van der Waals surface area contributed by atoms with E-state index in [9.17, 15) is 4.79 Å². The third kappa shape index (κ3) is 3.20. The zero-order chi connectivity index (χ0) is 13.0. The highest BCUT2D eigenvalue weighted by Crippen LogP contribution is 2.26. The second-order valence-electron chi connectivity index (χ2n) is 4.12. The third-order valence-corrected chi connectivity index (χ3v) is 3.54. The number of benzene rings is 1. The lowest BCUT2D eigenvalue weighted by Crippen LogP contribution is -2.24. The molecule has 0 saturated carbocycles. The molecule has 1 aromatic heterocycles. The zero-order valence-corrected chi connectivity index (χ0v) is 11.4. The van der Waals surface area contributed by atoms with E-state index in [4.69, 9.17) is 0 Å². The summed E-state index contributed by atoms with van der Waals surface area (Å²) in [6.07, 6.45) is 0.475. The minimum Gasteiger partial charge on any atom is -0.361 e. The molecular formula is C13H17N3OS. The number of aromatic nitrogens is 1. The Morgan fingerprint density at radius 2 is 2.28 bits per heavy atom. The molecule has 0 atom stereocenters. The molecular weight excluding hydrogens is 246 g/mol. The predicted octanol–water partition coefficient (Wildman–Crippen LogP) is 2.54. The number of hydrogen-bond donors (Lipinski definition) is 2. The lowest BCUT2D eigenvalue weighted by molar-refractivity contribution is -0.120. The average molecular weight is 263 g/mol. The molecule has 0 aliphatic rings. The standard InChI is InChI=1S/C13H17N3OS/c1-3-14-12(17)6-7-15-13-16-10-8-9(2)4-5-11(10)18-13/h4-5,8H,3,6-7H2,1-2H3,(H,14,17)(H,15,16). The number of aryl methyl sites for hydroxylation is 1. The van der Waals surface area contributed by atoms with E-state index in [2.05, 4.69) is 40.7 Å². The number of nitrogens with one attached hydrogen (secondary N) is 2. The first-order chi connectivity index (χ1) is 8.69. The number of thiazole rings is 1. The van der Waals surface area contributed by atoms with Crippen molar-refractivity contribution in [2.45, 2.75) is 20.3 Å². The minimum atomic E-state index is 0.0713. The molecule has 0 aliphatic heterocycles. The molecule has 0 fully saturated rings. The van der Waals surface area contributed by atoms with Crippen molar-refractivity contribution in [1.82, 2.24) is 10.3 Å². The average Bonchev–Trinajstić information content (AvgIpc) is 2.71. The van der Waals surface area contributed by atoms with Gasteiger partial charge in [0.05, 0.1) is 10.2 Å². The second kappa shape index (κ2) is 5.82. The second-order valence-corrected chi connectivity index (χ2v) is 5.15. The molecule has 2 rings (SSSR count). The van der Waals surface area contributed by atoms with Gasteiger partial charge in [-0.25, -0.2) is 4.98 Å². The van der Waals surface area contributed by atoms with Gasteiger partial charge in [-0.1, -0.05) is 17.4 Å². The largest absolute Gasteiger partial charge is 0.361 e. The van der Waals surface area contributed by atoms with Crippen LogP contribution in [0.3, 0.4) is 0 Å². The van der Waals surface area contributed by atoms with Crippen LogP contribution in [0.25, 0.3) is 10.2 Å². The van der Waals surface area contributed by atoms with E-state index in [0.29, 0.717) is 19.5 Å². The summed E-state index contributed by atoms with van der Waals surface area (Å²) in [7, 11) is 0. The summed E-state index contributed by atoms with van der Waals surface area (Å²) in [4.78, 5) is 15.8. The minimum absolute atomic E-state index is 0.0713. The van der Waals surface area contributed by atoms with E-state index in [-0.39, 0.29) is 5.91 Å². The third-order valence-electron chi connectivity index (χ3n) is 2.55. The van der Waals surface area contributed by atoms with Crippen LogP contribution in [-0.2, 0) is 4.79 Å². The van der Waals surface area contributed by atoms with Crippen LogP contribution in [0.15, 0.2) is 18.2 Å². The van der Waals surface area contributed by atoms with Crippen LogP contribution in [-0.4, -0.2) is 24.0 Å². The number of rotatable bonds is 5. The van der Waals surface area contributed by atoms with Crippen molar-refractivity contribution in [3.05, 3.63) is 23.8 Å². The first kappa shape index (κ1) is 12.8. The lowest BCUT2D eigenvalue weighted by atomic mass is 10.2. The van der Waals surface area contributed by atoms with Gasteiger partial charge in [0.2, 0.25) is 5.91 Å². The SMILES string of the molecule is CCNC(=O)CCNc1nc2cc(C)ccc2s1. The molecule has 1 amide bonds. The number of amides is 1. The van der Waals surface area contributed by atoms with E-state index < -0.39 is 0 Å². The van der Waals surface area contributed by atoms with Gasteiger partial charge >= 0.3 is 0 Å². The van der Waals surface area contributed by atoms with Crippen LogP contribution < -0.4 is 10.6 Å². The molecule has 5 heteroatoms. The van der Waals surface area contributed by atoms with Crippen molar-refractivity contribution < 1.29 is 4.79 Å². The summed E-state index contributed by atoms with van der Waals surface area (Å²) in [6, 6.07) is 6.23. The quantitative estimate of drug-likeness (QED) is 0.871.